The first-order chi connectivity index (χ1) is 9.69. The molecule has 2 rings (SSSR count). The molecule has 1 aromatic carbocycles. The third-order valence-corrected chi connectivity index (χ3v) is 2.33. The highest BCUT2D eigenvalue weighted by Gasteiger charge is 2.09. The number of nitrogens with one attached hydrogen (secondary N) is 2. The summed E-state index contributed by atoms with van der Waals surface area (Å²) in [4.78, 5) is 23.7. The Morgan fingerprint density at radius 1 is 1.15 bits per heavy atom. The highest BCUT2D eigenvalue weighted by atomic mass is 16.5. The van der Waals surface area contributed by atoms with Crippen molar-refractivity contribution in [2.45, 2.75) is 6.92 Å². The molecule has 0 aliphatic rings. The van der Waals surface area contributed by atoms with Crippen LogP contribution < -0.4 is 10.6 Å². The lowest BCUT2D eigenvalue weighted by Gasteiger charge is -2.08. The van der Waals surface area contributed by atoms with Crippen molar-refractivity contribution in [2.75, 3.05) is 24.5 Å². The maximum absolute atomic E-state index is 11.1. The molecule has 1 amide bonds. The normalized spacial score (nSPS) is 10.1. The van der Waals surface area contributed by atoms with Gasteiger partial charge in [-0.2, -0.15) is 15.0 Å². The Bertz CT molecular complexity index is 589. The molecule has 0 aliphatic carbocycles. The maximum atomic E-state index is 11.1. The molecular formula is C13H15N5O2. The Morgan fingerprint density at radius 3 is 2.50 bits per heavy atom. The van der Waals surface area contributed by atoms with Crippen LogP contribution in [0, 0.1) is 0 Å². The van der Waals surface area contributed by atoms with Crippen LogP contribution >= 0.6 is 0 Å². The molecule has 0 saturated carbocycles. The molecule has 0 fully saturated rings. The van der Waals surface area contributed by atoms with Crippen LogP contribution in [0.15, 0.2) is 30.3 Å². The summed E-state index contributed by atoms with van der Waals surface area (Å²) in [6.45, 7) is 1.66. The molecule has 1 heterocycles. The molecule has 0 atom stereocenters. The summed E-state index contributed by atoms with van der Waals surface area (Å²) in [6.07, 6.45) is 0. The predicted molar refractivity (Wildman–Crippen MR) is 75.1 cm³/mol. The standard InChI is InChI=1S/C13H15N5O2/c1-9(19)15-13-17-11(10-6-4-3-5-7-10)16-12(18-13)14-8-20-2/h3-7H,8H2,1-2H3,(H2,14,15,16,17,18,19). The summed E-state index contributed by atoms with van der Waals surface area (Å²) < 4.78 is 4.91. The number of methoxy groups -OCH3 is 1. The summed E-state index contributed by atoms with van der Waals surface area (Å²) >= 11 is 0. The van der Waals surface area contributed by atoms with Crippen LogP contribution in [0.3, 0.4) is 0 Å². The molecule has 0 unspecified atom stereocenters. The SMILES string of the molecule is COCNc1nc(NC(C)=O)nc(-c2ccccc2)n1. The summed E-state index contributed by atoms with van der Waals surface area (Å²) in [5, 5.41) is 5.43. The van der Waals surface area contributed by atoms with Crippen LogP contribution in [0.1, 0.15) is 6.92 Å². The number of nitrogens with zero attached hydrogens (tertiary/aromatic N) is 3. The smallest absolute Gasteiger partial charge is 0.234 e. The molecule has 2 N–H and O–H groups in total. The average molecular weight is 273 g/mol. The van der Waals surface area contributed by atoms with Gasteiger partial charge >= 0.3 is 0 Å². The zero-order valence-corrected chi connectivity index (χ0v) is 11.3. The maximum Gasteiger partial charge on any atom is 0.234 e. The van der Waals surface area contributed by atoms with Gasteiger partial charge in [0.15, 0.2) is 5.82 Å². The van der Waals surface area contributed by atoms with E-state index >= 15 is 0 Å². The fraction of sp³-hybridized carbons (Fsp3) is 0.231. The molecule has 7 nitrogen and oxygen atoms in total. The number of anilines is 2. The molecular weight excluding hydrogens is 258 g/mol. The van der Waals surface area contributed by atoms with Gasteiger partial charge in [-0.25, -0.2) is 0 Å². The zero-order valence-electron chi connectivity index (χ0n) is 11.3. The summed E-state index contributed by atoms with van der Waals surface area (Å²) in [7, 11) is 1.56. The van der Waals surface area contributed by atoms with Crippen molar-refractivity contribution in [3.63, 3.8) is 0 Å². The molecule has 0 aliphatic heterocycles. The van der Waals surface area contributed by atoms with Crippen molar-refractivity contribution in [1.82, 2.24) is 15.0 Å². The lowest BCUT2D eigenvalue weighted by Crippen LogP contribution is -2.14. The second-order valence-electron chi connectivity index (χ2n) is 3.96. The first-order valence-corrected chi connectivity index (χ1v) is 6.01. The highest BCUT2D eigenvalue weighted by Crippen LogP contribution is 2.17. The van der Waals surface area contributed by atoms with Gasteiger partial charge in [-0.3, -0.25) is 10.1 Å². The molecule has 0 bridgehead atoms. The van der Waals surface area contributed by atoms with Crippen molar-refractivity contribution in [3.8, 4) is 11.4 Å². The van der Waals surface area contributed by atoms with Crippen LogP contribution in [-0.2, 0) is 9.53 Å². The summed E-state index contributed by atoms with van der Waals surface area (Å²) in [5.41, 5.74) is 0.835. The highest BCUT2D eigenvalue weighted by molar-refractivity contribution is 5.87. The Morgan fingerprint density at radius 2 is 1.85 bits per heavy atom. The first kappa shape index (κ1) is 13.9. The van der Waals surface area contributed by atoms with Gasteiger partial charge in [0.05, 0.1) is 0 Å². The Balaban J connectivity index is 2.37. The number of ether oxygens (including phenoxy) is 1. The fourth-order valence-electron chi connectivity index (χ4n) is 1.52. The number of benzene rings is 1. The van der Waals surface area contributed by atoms with Gasteiger partial charge in [0, 0.05) is 19.6 Å². The minimum Gasteiger partial charge on any atom is -0.364 e. The third-order valence-electron chi connectivity index (χ3n) is 2.33. The number of rotatable bonds is 5. The van der Waals surface area contributed by atoms with Gasteiger partial charge in [-0.05, 0) is 0 Å². The molecule has 7 heteroatoms. The summed E-state index contributed by atoms with van der Waals surface area (Å²) in [5.74, 6) is 0.769. The van der Waals surface area contributed by atoms with Crippen LogP contribution in [0.25, 0.3) is 11.4 Å². The van der Waals surface area contributed by atoms with E-state index in [1.807, 2.05) is 30.3 Å². The van der Waals surface area contributed by atoms with Gasteiger partial charge in [0.25, 0.3) is 0 Å². The number of carbonyl (C=O) groups excluding carboxylic acids is 1. The molecule has 0 spiro atoms. The molecule has 104 valence electrons. The van der Waals surface area contributed by atoms with Gasteiger partial charge in [0.2, 0.25) is 17.8 Å². The third kappa shape index (κ3) is 3.72. The van der Waals surface area contributed by atoms with Crippen molar-refractivity contribution in [3.05, 3.63) is 30.3 Å². The van der Waals surface area contributed by atoms with Gasteiger partial charge in [0.1, 0.15) is 6.73 Å². The quantitative estimate of drug-likeness (QED) is 0.803. The number of aromatic nitrogens is 3. The molecule has 2 aromatic rings. The number of carbonyl (C=O) groups is 1. The lowest BCUT2D eigenvalue weighted by atomic mass is 10.2. The lowest BCUT2D eigenvalue weighted by molar-refractivity contribution is -0.114. The minimum absolute atomic E-state index is 0.199. The first-order valence-electron chi connectivity index (χ1n) is 6.01. The Labute approximate surface area is 116 Å². The predicted octanol–water partition coefficient (Wildman–Crippen LogP) is 1.51. The number of hydrogen-bond acceptors (Lipinski definition) is 6. The molecule has 20 heavy (non-hydrogen) atoms. The monoisotopic (exact) mass is 273 g/mol. The van der Waals surface area contributed by atoms with Crippen LogP contribution in [0.5, 0.6) is 0 Å². The van der Waals surface area contributed by atoms with E-state index in [2.05, 4.69) is 25.6 Å². The zero-order chi connectivity index (χ0) is 14.4. The van der Waals surface area contributed by atoms with E-state index in [1.54, 1.807) is 7.11 Å². The second-order valence-corrected chi connectivity index (χ2v) is 3.96. The second kappa shape index (κ2) is 6.58. The largest absolute Gasteiger partial charge is 0.364 e. The fourth-order valence-corrected chi connectivity index (χ4v) is 1.52. The van der Waals surface area contributed by atoms with Gasteiger partial charge < -0.3 is 10.1 Å². The van der Waals surface area contributed by atoms with E-state index < -0.39 is 0 Å². The van der Waals surface area contributed by atoms with E-state index in [4.69, 9.17) is 4.74 Å². The number of hydrogen-bond donors (Lipinski definition) is 2. The molecule has 1 aromatic heterocycles. The van der Waals surface area contributed by atoms with E-state index in [0.29, 0.717) is 11.8 Å². The van der Waals surface area contributed by atoms with Gasteiger partial charge in [-0.15, -0.1) is 0 Å². The van der Waals surface area contributed by atoms with E-state index in [0.717, 1.165) is 5.56 Å². The topological polar surface area (TPSA) is 89.0 Å². The average Bonchev–Trinajstić information content (AvgIpc) is 2.45. The molecule has 0 saturated heterocycles. The van der Waals surface area contributed by atoms with Gasteiger partial charge in [-0.1, -0.05) is 30.3 Å². The van der Waals surface area contributed by atoms with Crippen molar-refractivity contribution in [2.24, 2.45) is 0 Å². The number of amides is 1. The van der Waals surface area contributed by atoms with E-state index in [-0.39, 0.29) is 18.6 Å². The Hall–Kier alpha value is -2.54. The summed E-state index contributed by atoms with van der Waals surface area (Å²) in [6, 6.07) is 9.45. The van der Waals surface area contributed by atoms with E-state index in [1.165, 1.54) is 6.92 Å². The van der Waals surface area contributed by atoms with Crippen molar-refractivity contribution >= 4 is 17.8 Å². The van der Waals surface area contributed by atoms with Crippen LogP contribution in [0.4, 0.5) is 11.9 Å². The molecule has 0 radical (unpaired) electrons. The van der Waals surface area contributed by atoms with Crippen LogP contribution in [0.2, 0.25) is 0 Å². The Kier molecular flexibility index (Phi) is 4.56. The van der Waals surface area contributed by atoms with Crippen molar-refractivity contribution in [1.29, 1.82) is 0 Å². The minimum atomic E-state index is -0.243. The van der Waals surface area contributed by atoms with Crippen molar-refractivity contribution < 1.29 is 9.53 Å². The van der Waals surface area contributed by atoms with Crippen LogP contribution in [-0.4, -0.2) is 34.7 Å². The van der Waals surface area contributed by atoms with E-state index in [9.17, 15) is 4.79 Å².